The fraction of sp³-hybridized carbons (Fsp3) is 0.500. The van der Waals surface area contributed by atoms with E-state index in [0.29, 0.717) is 5.17 Å². The van der Waals surface area contributed by atoms with Crippen molar-refractivity contribution in [3.8, 4) is 0 Å². The van der Waals surface area contributed by atoms with Gasteiger partial charge in [0.25, 0.3) is 0 Å². The van der Waals surface area contributed by atoms with Crippen molar-refractivity contribution in [1.82, 2.24) is 5.43 Å². The summed E-state index contributed by atoms with van der Waals surface area (Å²) in [5.74, 6) is 0. The molecular weight excluding hydrogens is 168 g/mol. The molecule has 0 aliphatic rings. The molecule has 0 bridgehead atoms. The second-order valence-electron chi connectivity index (χ2n) is 1.30. The van der Waals surface area contributed by atoms with E-state index in [1.165, 1.54) is 23.5 Å². The summed E-state index contributed by atoms with van der Waals surface area (Å²) in [7, 11) is 0. The number of thioether (sulfide) groups is 2. The van der Waals surface area contributed by atoms with E-state index < -0.39 is 0 Å². The van der Waals surface area contributed by atoms with Crippen LogP contribution in [0.4, 0.5) is 0 Å². The zero-order chi connectivity index (χ0) is 7.98. The van der Waals surface area contributed by atoms with Crippen LogP contribution >= 0.6 is 23.5 Å². The zero-order valence-corrected chi connectivity index (χ0v) is 7.47. The Kier molecular flexibility index (Phi) is 5.23. The molecule has 0 fully saturated rings. The van der Waals surface area contributed by atoms with Crippen molar-refractivity contribution in [2.24, 2.45) is 10.8 Å². The van der Waals surface area contributed by atoms with E-state index in [9.17, 15) is 0 Å². The summed E-state index contributed by atoms with van der Waals surface area (Å²) in [5.41, 5.74) is 7.79. The van der Waals surface area contributed by atoms with Gasteiger partial charge in [-0.1, -0.05) is 23.5 Å². The van der Waals surface area contributed by atoms with E-state index in [2.05, 4.69) is 10.5 Å². The first-order chi connectivity index (χ1) is 4.70. The second kappa shape index (κ2) is 5.43. The number of nitrogens with one attached hydrogen (secondary N) is 2. The van der Waals surface area contributed by atoms with E-state index in [1.807, 2.05) is 6.26 Å². The third-order valence-corrected chi connectivity index (χ3v) is 1.69. The Bertz CT molecular complexity index is 144. The topological polar surface area (TPSA) is 74.3 Å². The van der Waals surface area contributed by atoms with E-state index in [4.69, 9.17) is 11.1 Å². The Balaban J connectivity index is 3.61. The molecule has 0 amide bonds. The first kappa shape index (κ1) is 9.64. The van der Waals surface area contributed by atoms with Crippen molar-refractivity contribution in [2.75, 3.05) is 12.5 Å². The van der Waals surface area contributed by atoms with Crippen LogP contribution in [0.1, 0.15) is 0 Å². The molecule has 4 N–H and O–H groups in total. The van der Waals surface area contributed by atoms with Crippen LogP contribution in [0.5, 0.6) is 0 Å². The molecule has 58 valence electrons. The van der Waals surface area contributed by atoms with E-state index in [0.717, 1.165) is 0 Å². The van der Waals surface area contributed by atoms with E-state index in [1.54, 1.807) is 6.26 Å². The first-order valence-electron chi connectivity index (χ1n) is 2.46. The molecule has 0 spiro atoms. The molecule has 0 aromatic carbocycles. The molecule has 6 heteroatoms. The summed E-state index contributed by atoms with van der Waals surface area (Å²) in [6.07, 6.45) is 3.61. The van der Waals surface area contributed by atoms with Crippen molar-refractivity contribution in [3.05, 3.63) is 0 Å². The van der Waals surface area contributed by atoms with Crippen molar-refractivity contribution < 1.29 is 0 Å². The highest BCUT2D eigenvalue weighted by molar-refractivity contribution is 8.13. The molecule has 0 aromatic rings. The molecule has 0 aliphatic carbocycles. The average molecular weight is 178 g/mol. The van der Waals surface area contributed by atoms with Crippen molar-refractivity contribution >= 4 is 33.9 Å². The van der Waals surface area contributed by atoms with Gasteiger partial charge in [0.2, 0.25) is 0 Å². The van der Waals surface area contributed by atoms with Gasteiger partial charge in [0.1, 0.15) is 0 Å². The van der Waals surface area contributed by atoms with Gasteiger partial charge in [-0.15, -0.1) is 5.10 Å². The third-order valence-electron chi connectivity index (χ3n) is 0.681. The molecule has 0 rings (SSSR count). The van der Waals surface area contributed by atoms with Gasteiger partial charge >= 0.3 is 0 Å². The Hall–Kier alpha value is -0.360. The normalized spacial score (nSPS) is 11.2. The predicted octanol–water partition coefficient (Wildman–Crippen LogP) is 0.466. The minimum atomic E-state index is 0.289. The van der Waals surface area contributed by atoms with Gasteiger partial charge in [-0.05, 0) is 12.5 Å². The lowest BCUT2D eigenvalue weighted by Crippen LogP contribution is -2.17. The molecule has 10 heavy (non-hydrogen) atoms. The summed E-state index contributed by atoms with van der Waals surface area (Å²) in [5, 5.41) is 11.5. The van der Waals surface area contributed by atoms with Crippen LogP contribution in [0.15, 0.2) is 5.10 Å². The highest BCUT2D eigenvalue weighted by atomic mass is 32.2. The molecule has 0 aromatic heterocycles. The van der Waals surface area contributed by atoms with Crippen molar-refractivity contribution in [3.63, 3.8) is 0 Å². The van der Waals surface area contributed by atoms with E-state index in [-0.39, 0.29) is 5.17 Å². The number of amidine groups is 2. The maximum atomic E-state index is 7.09. The van der Waals surface area contributed by atoms with Crippen LogP contribution in [0.3, 0.4) is 0 Å². The molecule has 4 nitrogen and oxygen atoms in total. The number of hydrazone groups is 1. The van der Waals surface area contributed by atoms with Gasteiger partial charge in [0.15, 0.2) is 10.3 Å². The quantitative estimate of drug-likeness (QED) is 0.310. The summed E-state index contributed by atoms with van der Waals surface area (Å²) in [4.78, 5) is 0. The maximum absolute atomic E-state index is 7.09. The molecule has 0 aliphatic heterocycles. The van der Waals surface area contributed by atoms with Crippen molar-refractivity contribution in [2.45, 2.75) is 0 Å². The number of nitrogens with two attached hydrogens (primary N) is 1. The summed E-state index contributed by atoms with van der Waals surface area (Å²) in [6, 6.07) is 0. The van der Waals surface area contributed by atoms with Crippen LogP contribution in [-0.2, 0) is 0 Å². The van der Waals surface area contributed by atoms with Gasteiger partial charge in [-0.2, -0.15) is 0 Å². The van der Waals surface area contributed by atoms with Crippen LogP contribution < -0.4 is 11.2 Å². The molecule has 0 unspecified atom stereocenters. The van der Waals surface area contributed by atoms with E-state index >= 15 is 0 Å². The first-order valence-corrected chi connectivity index (χ1v) is 4.91. The SMILES string of the molecule is CSC(=N)N/N=C(\N)SC. The van der Waals surface area contributed by atoms with Crippen LogP contribution in [-0.4, -0.2) is 22.8 Å². The molecular formula is C4H10N4S2. The minimum absolute atomic E-state index is 0.289. The van der Waals surface area contributed by atoms with Gasteiger partial charge in [0.05, 0.1) is 0 Å². The smallest absolute Gasteiger partial charge is 0.177 e. The molecule has 0 saturated carbocycles. The predicted molar refractivity (Wildman–Crippen MR) is 49.5 cm³/mol. The second-order valence-corrected chi connectivity index (χ2v) is 2.94. The van der Waals surface area contributed by atoms with Gasteiger partial charge in [-0.25, -0.2) is 0 Å². The van der Waals surface area contributed by atoms with Crippen LogP contribution in [0.2, 0.25) is 0 Å². The van der Waals surface area contributed by atoms with Crippen LogP contribution in [0.25, 0.3) is 0 Å². The Labute approximate surface area is 68.5 Å². The average Bonchev–Trinajstić information content (AvgIpc) is 1.99. The highest BCUT2D eigenvalue weighted by Gasteiger charge is 1.89. The largest absolute Gasteiger partial charge is 0.377 e. The summed E-state index contributed by atoms with van der Waals surface area (Å²) < 4.78 is 0. The fourth-order valence-electron chi connectivity index (χ4n) is 0.197. The number of nitrogens with zero attached hydrogens (tertiary/aromatic N) is 1. The highest BCUT2D eigenvalue weighted by Crippen LogP contribution is 1.92. The minimum Gasteiger partial charge on any atom is -0.377 e. The maximum Gasteiger partial charge on any atom is 0.177 e. The van der Waals surface area contributed by atoms with Crippen LogP contribution in [0, 0.1) is 5.41 Å². The number of rotatable bonds is 1. The lowest BCUT2D eigenvalue weighted by Gasteiger charge is -1.97. The molecule has 0 saturated heterocycles. The van der Waals surface area contributed by atoms with Crippen molar-refractivity contribution in [1.29, 1.82) is 5.41 Å². The fourth-order valence-corrected chi connectivity index (χ4v) is 0.471. The lowest BCUT2D eigenvalue weighted by atomic mass is 11.3. The molecule has 0 atom stereocenters. The Morgan fingerprint density at radius 2 is 2.10 bits per heavy atom. The number of hydrogen-bond donors (Lipinski definition) is 3. The monoisotopic (exact) mass is 178 g/mol. The lowest BCUT2D eigenvalue weighted by molar-refractivity contribution is 1.04. The van der Waals surface area contributed by atoms with Gasteiger partial charge in [0, 0.05) is 0 Å². The molecule has 0 radical (unpaired) electrons. The molecule has 0 heterocycles. The Morgan fingerprint density at radius 1 is 1.50 bits per heavy atom. The van der Waals surface area contributed by atoms with Gasteiger partial charge < -0.3 is 5.73 Å². The summed E-state index contributed by atoms with van der Waals surface area (Å²) in [6.45, 7) is 0. The zero-order valence-electron chi connectivity index (χ0n) is 5.84. The Morgan fingerprint density at radius 3 is 2.50 bits per heavy atom. The standard InChI is InChI=1S/C4H10N4S2/c1-9-3(5)7-8-4(6)10-2/h1-2H3,(H2,5,7)(H2,6,8). The number of hydrogen-bond acceptors (Lipinski definition) is 4. The third kappa shape index (κ3) is 4.51. The summed E-state index contributed by atoms with van der Waals surface area (Å²) >= 11 is 2.61. The van der Waals surface area contributed by atoms with Gasteiger partial charge in [-0.3, -0.25) is 10.8 Å².